The quantitative estimate of drug-likeness (QED) is 0.524. The van der Waals surface area contributed by atoms with E-state index in [9.17, 15) is 27.6 Å². The average molecular weight is 484 g/mol. The number of hydrogen-bond acceptors (Lipinski definition) is 6. The first-order valence-corrected chi connectivity index (χ1v) is 11.0. The Bertz CT molecular complexity index is 1270. The number of benzene rings is 2. The Morgan fingerprint density at radius 3 is 2.29 bits per heavy atom. The van der Waals surface area contributed by atoms with Crippen LogP contribution in [0.5, 0.6) is 0 Å². The van der Waals surface area contributed by atoms with E-state index < -0.39 is 23.6 Å². The predicted octanol–water partition coefficient (Wildman–Crippen LogP) is 3.76. The van der Waals surface area contributed by atoms with E-state index in [1.165, 1.54) is 12.1 Å². The summed E-state index contributed by atoms with van der Waals surface area (Å²) in [5.41, 5.74) is 0.138. The van der Waals surface area contributed by atoms with Gasteiger partial charge in [-0.25, -0.2) is 0 Å². The summed E-state index contributed by atoms with van der Waals surface area (Å²) in [6.45, 7) is 0.356. The smallest absolute Gasteiger partial charge is 0.416 e. The molecule has 180 valence electrons. The van der Waals surface area contributed by atoms with Crippen LogP contribution in [0.15, 0.2) is 52.9 Å². The van der Waals surface area contributed by atoms with Gasteiger partial charge in [-0.05, 0) is 49.2 Å². The number of likely N-dealkylation sites (tertiary alicyclic amines) is 1. The van der Waals surface area contributed by atoms with Crippen LogP contribution in [-0.2, 0) is 11.0 Å². The van der Waals surface area contributed by atoms with Crippen LogP contribution in [0, 0.1) is 0 Å². The molecule has 1 aromatic heterocycles. The molecule has 3 amide bonds. The van der Waals surface area contributed by atoms with Gasteiger partial charge >= 0.3 is 6.18 Å². The lowest BCUT2D eigenvalue weighted by Gasteiger charge is -2.32. The Hall–Kier alpha value is -4.02. The first kappa shape index (κ1) is 22.8. The number of fused-ring (bicyclic) bond motifs is 1. The van der Waals surface area contributed by atoms with E-state index in [1.54, 1.807) is 29.2 Å². The molecule has 3 aromatic rings. The molecule has 1 atom stereocenters. The van der Waals surface area contributed by atoms with Gasteiger partial charge in [-0.2, -0.15) is 13.2 Å². The van der Waals surface area contributed by atoms with Gasteiger partial charge in [-0.15, -0.1) is 10.2 Å². The highest BCUT2D eigenvalue weighted by Gasteiger charge is 2.38. The zero-order valence-corrected chi connectivity index (χ0v) is 18.3. The molecule has 2 aromatic carbocycles. The molecule has 1 saturated heterocycles. The number of nitrogens with zero attached hydrogens (tertiary/aromatic N) is 4. The van der Waals surface area contributed by atoms with E-state index in [2.05, 4.69) is 10.2 Å². The fourth-order valence-electron chi connectivity index (χ4n) is 4.34. The fourth-order valence-corrected chi connectivity index (χ4v) is 4.34. The predicted molar refractivity (Wildman–Crippen MR) is 115 cm³/mol. The second kappa shape index (κ2) is 8.64. The summed E-state index contributed by atoms with van der Waals surface area (Å²) in [6, 6.07) is 10.8. The highest BCUT2D eigenvalue weighted by Crippen LogP contribution is 2.32. The minimum Gasteiger partial charge on any atom is -0.420 e. The summed E-state index contributed by atoms with van der Waals surface area (Å²) in [5, 5.41) is 7.99. The van der Waals surface area contributed by atoms with Crippen LogP contribution < -0.4 is 0 Å². The molecular formula is C24H19F3N4O4. The lowest BCUT2D eigenvalue weighted by molar-refractivity contribution is -0.137. The number of hydrogen-bond donors (Lipinski definition) is 0. The Morgan fingerprint density at radius 1 is 1.00 bits per heavy atom. The maximum Gasteiger partial charge on any atom is 0.416 e. The van der Waals surface area contributed by atoms with Crippen LogP contribution in [0.1, 0.15) is 50.9 Å². The average Bonchev–Trinajstić information content (AvgIpc) is 3.44. The normalized spacial score (nSPS) is 18.2. The second-order valence-electron chi connectivity index (χ2n) is 8.44. The van der Waals surface area contributed by atoms with Crippen molar-refractivity contribution in [3.05, 3.63) is 71.1 Å². The fraction of sp³-hybridized carbons (Fsp3) is 0.292. The summed E-state index contributed by atoms with van der Waals surface area (Å²) in [6.07, 6.45) is -3.12. The lowest BCUT2D eigenvalue weighted by atomic mass is 9.98. The van der Waals surface area contributed by atoms with E-state index in [0.717, 1.165) is 17.0 Å². The Balaban J connectivity index is 1.25. The van der Waals surface area contributed by atoms with E-state index in [-0.39, 0.29) is 47.8 Å². The second-order valence-corrected chi connectivity index (χ2v) is 8.44. The van der Waals surface area contributed by atoms with Crippen LogP contribution in [0.4, 0.5) is 13.2 Å². The molecule has 0 aliphatic carbocycles. The third-order valence-electron chi connectivity index (χ3n) is 6.19. The van der Waals surface area contributed by atoms with Crippen molar-refractivity contribution >= 4 is 17.7 Å². The van der Waals surface area contributed by atoms with Crippen molar-refractivity contribution in [2.45, 2.75) is 24.9 Å². The number of rotatable bonds is 4. The third-order valence-corrected chi connectivity index (χ3v) is 6.19. The Kier molecular flexibility index (Phi) is 5.62. The monoisotopic (exact) mass is 484 g/mol. The molecule has 3 heterocycles. The van der Waals surface area contributed by atoms with Crippen molar-refractivity contribution < 1.29 is 32.0 Å². The van der Waals surface area contributed by atoms with Crippen LogP contribution in [-0.4, -0.2) is 57.4 Å². The molecule has 0 bridgehead atoms. The molecule has 1 fully saturated rings. The van der Waals surface area contributed by atoms with E-state index in [1.807, 2.05) is 0 Å². The van der Waals surface area contributed by atoms with Gasteiger partial charge in [0.2, 0.25) is 17.7 Å². The number of carbonyl (C=O) groups is 3. The van der Waals surface area contributed by atoms with Crippen molar-refractivity contribution in [2.24, 2.45) is 0 Å². The first-order valence-electron chi connectivity index (χ1n) is 11.0. The molecule has 2 aliphatic heterocycles. The third kappa shape index (κ3) is 4.29. The number of carbonyl (C=O) groups excluding carboxylic acids is 3. The van der Waals surface area contributed by atoms with Crippen molar-refractivity contribution in [2.75, 3.05) is 19.6 Å². The zero-order chi connectivity index (χ0) is 24.7. The SMILES string of the molecule is O=C(CN1C(=O)c2ccccc2C1=O)N1CCCC(c2nnc(-c3ccc(C(F)(F)F)cc3)o2)C1. The number of alkyl halides is 3. The topological polar surface area (TPSA) is 96.6 Å². The molecule has 0 radical (unpaired) electrons. The maximum absolute atomic E-state index is 12.9. The number of halogens is 3. The summed E-state index contributed by atoms with van der Waals surface area (Å²) >= 11 is 0. The number of imide groups is 1. The highest BCUT2D eigenvalue weighted by atomic mass is 19.4. The molecule has 8 nitrogen and oxygen atoms in total. The van der Waals surface area contributed by atoms with Crippen LogP contribution in [0.3, 0.4) is 0 Å². The summed E-state index contributed by atoms with van der Waals surface area (Å²) in [4.78, 5) is 40.6. The van der Waals surface area contributed by atoms with Crippen LogP contribution in [0.25, 0.3) is 11.5 Å². The van der Waals surface area contributed by atoms with E-state index in [0.29, 0.717) is 24.9 Å². The highest BCUT2D eigenvalue weighted by molar-refractivity contribution is 6.22. The van der Waals surface area contributed by atoms with Gasteiger partial charge in [-0.1, -0.05) is 12.1 Å². The molecule has 1 unspecified atom stereocenters. The molecule has 2 aliphatic rings. The summed E-state index contributed by atoms with van der Waals surface area (Å²) < 4.78 is 44.1. The summed E-state index contributed by atoms with van der Waals surface area (Å²) in [7, 11) is 0. The first-order chi connectivity index (χ1) is 16.7. The molecule has 0 spiro atoms. The van der Waals surface area contributed by atoms with Gasteiger partial charge in [0.1, 0.15) is 6.54 Å². The van der Waals surface area contributed by atoms with Gasteiger partial charge in [0.25, 0.3) is 11.8 Å². The van der Waals surface area contributed by atoms with Gasteiger partial charge in [0.15, 0.2) is 0 Å². The Morgan fingerprint density at radius 2 is 1.66 bits per heavy atom. The molecule has 0 saturated carbocycles. The molecule has 0 N–H and O–H groups in total. The summed E-state index contributed by atoms with van der Waals surface area (Å²) in [5.74, 6) is -1.27. The largest absolute Gasteiger partial charge is 0.420 e. The number of aromatic nitrogens is 2. The lowest BCUT2D eigenvalue weighted by Crippen LogP contribution is -2.46. The Labute approximate surface area is 197 Å². The van der Waals surface area contributed by atoms with Crippen LogP contribution >= 0.6 is 0 Å². The molecule has 5 rings (SSSR count). The van der Waals surface area contributed by atoms with Crippen molar-refractivity contribution in [3.63, 3.8) is 0 Å². The number of amides is 3. The minimum atomic E-state index is -4.44. The van der Waals surface area contributed by atoms with Gasteiger partial charge < -0.3 is 9.32 Å². The molecule has 11 heteroatoms. The van der Waals surface area contributed by atoms with Crippen molar-refractivity contribution in [1.82, 2.24) is 20.0 Å². The van der Waals surface area contributed by atoms with E-state index in [4.69, 9.17) is 4.42 Å². The van der Waals surface area contributed by atoms with Crippen LogP contribution in [0.2, 0.25) is 0 Å². The minimum absolute atomic E-state index is 0.0863. The van der Waals surface area contributed by atoms with Gasteiger partial charge in [0.05, 0.1) is 22.6 Å². The van der Waals surface area contributed by atoms with Gasteiger partial charge in [-0.3, -0.25) is 19.3 Å². The molecular weight excluding hydrogens is 465 g/mol. The number of piperidine rings is 1. The van der Waals surface area contributed by atoms with Crippen molar-refractivity contribution in [3.8, 4) is 11.5 Å². The maximum atomic E-state index is 12.9. The van der Waals surface area contributed by atoms with Gasteiger partial charge in [0, 0.05) is 18.7 Å². The van der Waals surface area contributed by atoms with Crippen molar-refractivity contribution in [1.29, 1.82) is 0 Å². The molecule has 35 heavy (non-hydrogen) atoms. The standard InChI is InChI=1S/C24H19F3N4O4/c25-24(26,27)16-9-7-14(8-10-16)20-28-29-21(35-20)15-4-3-11-30(12-15)19(32)13-31-22(33)17-5-1-2-6-18(17)23(31)34/h1-2,5-10,15H,3-4,11-13H2. The zero-order valence-electron chi connectivity index (χ0n) is 18.3. The van der Waals surface area contributed by atoms with E-state index >= 15 is 0 Å².